The van der Waals surface area contributed by atoms with Gasteiger partial charge in [-0.05, 0) is 158 Å². The third-order valence-corrected chi connectivity index (χ3v) is 17.7. The van der Waals surface area contributed by atoms with Gasteiger partial charge in [-0.15, -0.1) is 0 Å². The quantitative estimate of drug-likeness (QED) is 0.00787. The fraction of sp³-hybridized carbons (Fsp3) is 0.351. The van der Waals surface area contributed by atoms with Gasteiger partial charge in [-0.25, -0.2) is 38.0 Å². The SMILES string of the molecule is CC(C)(C)OC(=O)CBr.CC(C)(C)OC(=O)COc1ccc(Cl)c([N+](=O)[O-])c1.NC1CCN(NC(=O)COc2ccc(Cl)c(F)c2)CC1.O=C(COc1ccc(Cl)c([N+](=O)[O-])c1)CC1CCN(NC(=O)COc2ccc(Cl)c(F)c2)CC1.O=C(O)C(F)(F)F.O=C(O)COc1ccc(Cl)c([N+](=O)[O-])c1.O=C(O)COc1ccc(Cl)c([N+](=O)[O-])c1.O=[N+]([O-])c1cc(O)ccc1Cl. The lowest BCUT2D eigenvalue weighted by Gasteiger charge is -2.31. The van der Waals surface area contributed by atoms with Crippen molar-refractivity contribution in [1.29, 1.82) is 0 Å². The van der Waals surface area contributed by atoms with Gasteiger partial charge in [0.1, 0.15) is 100 Å². The van der Waals surface area contributed by atoms with Gasteiger partial charge in [0.25, 0.3) is 40.3 Å². The highest BCUT2D eigenvalue weighted by atomic mass is 79.9. The number of hydrogen-bond acceptors (Lipinski definition) is 30. The first kappa shape index (κ1) is 114. The monoisotopic (exact) mass is 2040 g/mol. The fourth-order valence-corrected chi connectivity index (χ4v) is 10.6. The second-order valence-electron chi connectivity index (χ2n) is 27.7. The second kappa shape index (κ2) is 56.6. The number of rotatable bonds is 28. The number of nitro benzene ring substituents is 5. The van der Waals surface area contributed by atoms with Crippen molar-refractivity contribution in [3.8, 4) is 40.2 Å². The third-order valence-electron chi connectivity index (χ3n) is 15.0. The first-order chi connectivity index (χ1) is 60.4. The van der Waals surface area contributed by atoms with Crippen LogP contribution in [0, 0.1) is 68.1 Å². The number of carboxylic acids is 3. The number of benzene rings is 7. The average Bonchev–Trinajstić information content (AvgIpc) is 0.843. The van der Waals surface area contributed by atoms with Crippen molar-refractivity contribution in [3.05, 3.63) is 225 Å². The number of carboxylic acid groups (broad SMARTS) is 3. The summed E-state index contributed by atoms with van der Waals surface area (Å²) in [7, 11) is 0. The Morgan fingerprint density at radius 2 is 0.700 bits per heavy atom. The summed E-state index contributed by atoms with van der Waals surface area (Å²) in [5.74, 6) is -6.83. The van der Waals surface area contributed by atoms with Crippen LogP contribution < -0.4 is 45.0 Å². The molecule has 7 aromatic rings. The largest absolute Gasteiger partial charge is 0.508 e. The highest BCUT2D eigenvalue weighted by molar-refractivity contribution is 9.09. The highest BCUT2D eigenvalue weighted by Crippen LogP contribution is 2.34. The molecule has 9 rings (SSSR count). The van der Waals surface area contributed by atoms with Gasteiger partial charge < -0.3 is 64.1 Å². The number of hydrogen-bond donors (Lipinski definition) is 7. The van der Waals surface area contributed by atoms with Crippen molar-refractivity contribution in [2.24, 2.45) is 11.7 Å². The van der Waals surface area contributed by atoms with E-state index in [4.69, 9.17) is 150 Å². The normalized spacial score (nSPS) is 12.4. The smallest absolute Gasteiger partial charge is 0.490 e. The van der Waals surface area contributed by atoms with E-state index in [9.17, 15) is 106 Å². The molecule has 2 amide bonds. The maximum absolute atomic E-state index is 13.4. The van der Waals surface area contributed by atoms with Gasteiger partial charge in [0, 0.05) is 50.8 Å². The summed E-state index contributed by atoms with van der Waals surface area (Å²) in [5, 5.41) is 89.1. The molecule has 0 aromatic heterocycles. The summed E-state index contributed by atoms with van der Waals surface area (Å²) in [6, 6.07) is 27.1. The molecule has 0 aliphatic carbocycles. The molecule has 2 aliphatic heterocycles. The van der Waals surface area contributed by atoms with Crippen molar-refractivity contribution in [1.82, 2.24) is 20.9 Å². The minimum Gasteiger partial charge on any atom is -0.508 e. The van der Waals surface area contributed by atoms with Gasteiger partial charge in [-0.1, -0.05) is 97.1 Å². The van der Waals surface area contributed by atoms with Crippen molar-refractivity contribution >= 4 is 173 Å². The van der Waals surface area contributed by atoms with E-state index in [1.165, 1.54) is 91.0 Å². The van der Waals surface area contributed by atoms with E-state index >= 15 is 0 Å². The van der Waals surface area contributed by atoms with Gasteiger partial charge in [0.15, 0.2) is 38.8 Å². The number of aliphatic carboxylic acids is 3. The number of ether oxygens (including phenoxy) is 8. The van der Waals surface area contributed by atoms with Crippen LogP contribution in [0.25, 0.3) is 0 Å². The average molecular weight is 2050 g/mol. The van der Waals surface area contributed by atoms with E-state index in [0.717, 1.165) is 62.3 Å². The van der Waals surface area contributed by atoms with Crippen molar-refractivity contribution < 1.29 is 143 Å². The van der Waals surface area contributed by atoms with Gasteiger partial charge in [-0.2, -0.15) is 13.2 Å². The molecular formula is C77H81BrCl7F5N10O30. The number of amides is 2. The second-order valence-corrected chi connectivity index (χ2v) is 31.1. The number of nitrogens with two attached hydrogens (primary N) is 1. The zero-order chi connectivity index (χ0) is 98.7. The number of aromatic hydroxyl groups is 1. The molecule has 2 saturated heterocycles. The number of halogens is 13. The predicted octanol–water partition coefficient (Wildman–Crippen LogP) is 16.2. The number of piperidine rings is 2. The zero-order valence-electron chi connectivity index (χ0n) is 68.6. The molecular weight excluding hydrogens is 1970 g/mol. The van der Waals surface area contributed by atoms with Crippen LogP contribution in [0.1, 0.15) is 73.6 Å². The lowest BCUT2D eigenvalue weighted by atomic mass is 9.92. The Bertz CT molecular complexity index is 5000. The van der Waals surface area contributed by atoms with Gasteiger partial charge in [0.05, 0.1) is 65.0 Å². The van der Waals surface area contributed by atoms with Crippen molar-refractivity contribution in [2.45, 2.75) is 97.1 Å². The van der Waals surface area contributed by atoms with Crippen LogP contribution in [-0.4, -0.2) is 197 Å². The summed E-state index contributed by atoms with van der Waals surface area (Å²) >= 11 is 42.1. The Labute approximate surface area is 777 Å². The number of Topliss-reactive ketones (excluding diaryl/α,β-unsaturated/α-hetero) is 1. The van der Waals surface area contributed by atoms with E-state index in [1.54, 1.807) is 25.8 Å². The van der Waals surface area contributed by atoms with Crippen LogP contribution in [0.4, 0.5) is 50.4 Å². The number of hydrazine groups is 2. The number of phenolic OH excluding ortho intramolecular Hbond substituents is 1. The zero-order valence-corrected chi connectivity index (χ0v) is 75.5. The molecule has 2 aliphatic rings. The Morgan fingerprint density at radius 1 is 0.431 bits per heavy atom. The van der Waals surface area contributed by atoms with E-state index < -0.39 is 85.1 Å². The molecule has 0 saturated carbocycles. The number of nitrogens with one attached hydrogen (secondary N) is 2. The molecule has 2 heterocycles. The molecule has 0 unspecified atom stereocenters. The predicted molar refractivity (Wildman–Crippen MR) is 461 cm³/mol. The minimum atomic E-state index is -5.08. The molecule has 53 heteroatoms. The summed E-state index contributed by atoms with van der Waals surface area (Å²) in [4.78, 5) is 137. The van der Waals surface area contributed by atoms with Crippen LogP contribution in [0.15, 0.2) is 127 Å². The standard InChI is InChI=1S/C22H22Cl2FN3O6.C13H17ClFN3O2.C12H14ClNO5.2C8H6ClNO5.C6H11BrO2.C6H4ClNO3.C2HF3O2/c23-18-3-1-16(10-20(18)25)34-13-22(30)26-27-7-5-14(6-8-27)9-15(29)12-33-17-2-4-19(24)21(11-17)28(31)32;14-11-2-1-10(7-12(11)15)20-8-13(19)17-18-5-3-9(16)4-6-18;1-12(2,3)19-11(15)7-18-8-4-5-9(13)10(6-8)14(16)17;2*9-6-2-1-5(15-4-8(11)12)3-7(6)10(13)14;1-6(2,3)9-5(8)4-7;7-5-2-1-4(9)3-6(5)8(10)11;3-2(4,5)1(6)7/h1-4,10-11,14H,5-9,12-13H2,(H,26,30);1-2,7,9H,3-6,8,16H2,(H,17,19);4-6H,7H2,1-3H3;2*1-3H,4H2,(H,11,12);4H2,1-3H3;1-3,9H;(H,6,7). The summed E-state index contributed by atoms with van der Waals surface area (Å²) in [6.45, 7) is 11.2. The molecule has 8 N–H and O–H groups in total. The number of ketones is 1. The topological polar surface area (TPSA) is 564 Å². The third kappa shape index (κ3) is 48.0. The molecule has 2 fully saturated rings. The number of nitrogens with zero attached hydrogens (tertiary/aromatic N) is 7. The van der Waals surface area contributed by atoms with Crippen LogP contribution in [0.5, 0.6) is 40.2 Å². The highest BCUT2D eigenvalue weighted by Gasteiger charge is 2.38. The Balaban J connectivity index is 0.000000526. The molecule has 7 aromatic carbocycles. The number of carbonyl (C=O) groups is 8. The molecule has 710 valence electrons. The minimum absolute atomic E-state index is 0.00651. The fourth-order valence-electron chi connectivity index (χ4n) is 9.36. The van der Waals surface area contributed by atoms with Crippen molar-refractivity contribution in [2.75, 3.05) is 71.2 Å². The first-order valence-corrected chi connectivity index (χ1v) is 40.4. The Kier molecular flexibility index (Phi) is 49.7. The number of esters is 2. The number of alkyl halides is 4. The molecule has 0 spiro atoms. The van der Waals surface area contributed by atoms with Crippen molar-refractivity contribution in [3.63, 3.8) is 0 Å². The Morgan fingerprint density at radius 3 is 0.977 bits per heavy atom. The van der Waals surface area contributed by atoms with Crippen LogP contribution >= 0.6 is 97.1 Å². The molecule has 40 nitrogen and oxygen atoms in total. The summed E-state index contributed by atoms with van der Waals surface area (Å²) in [6.07, 6.45) is -1.68. The molecule has 0 atom stereocenters. The molecule has 0 bridgehead atoms. The molecule has 0 radical (unpaired) electrons. The Hall–Kier alpha value is -11.9. The van der Waals surface area contributed by atoms with E-state index in [2.05, 4.69) is 26.8 Å². The van der Waals surface area contributed by atoms with Crippen LogP contribution in [0.3, 0.4) is 0 Å². The maximum Gasteiger partial charge on any atom is 0.490 e. The van der Waals surface area contributed by atoms with Gasteiger partial charge in [-0.3, -0.25) is 80.6 Å². The number of phenols is 1. The lowest BCUT2D eigenvalue weighted by Crippen LogP contribution is -2.50. The van der Waals surface area contributed by atoms with E-state index in [1.807, 2.05) is 25.8 Å². The maximum atomic E-state index is 13.4. The first-order valence-electron chi connectivity index (χ1n) is 36.6. The molecule has 130 heavy (non-hydrogen) atoms. The summed E-state index contributed by atoms with van der Waals surface area (Å²) in [5.41, 5.74) is 8.79. The number of nitro groups is 5. The van der Waals surface area contributed by atoms with E-state index in [0.29, 0.717) is 32.4 Å². The van der Waals surface area contributed by atoms with E-state index in [-0.39, 0.29) is 177 Å². The van der Waals surface area contributed by atoms with Crippen LogP contribution in [0.2, 0.25) is 35.2 Å². The summed E-state index contributed by atoms with van der Waals surface area (Å²) < 4.78 is 98.7. The lowest BCUT2D eigenvalue weighted by molar-refractivity contribution is -0.384. The van der Waals surface area contributed by atoms with Crippen LogP contribution in [-0.2, 0) is 47.8 Å². The number of carbonyl (C=O) groups excluding carboxylic acids is 5. The van der Waals surface area contributed by atoms with Gasteiger partial charge in [0.2, 0.25) is 0 Å². The van der Waals surface area contributed by atoms with Gasteiger partial charge >= 0.3 is 36.0 Å².